The summed E-state index contributed by atoms with van der Waals surface area (Å²) in [5.41, 5.74) is -0.606. The van der Waals surface area contributed by atoms with E-state index in [0.29, 0.717) is 19.1 Å². The summed E-state index contributed by atoms with van der Waals surface area (Å²) in [7, 11) is 0. The molecule has 0 aromatic rings. The Kier molecular flexibility index (Phi) is 4.05. The molecular formula is C13H24N2O2. The summed E-state index contributed by atoms with van der Waals surface area (Å²) in [5.74, 6) is 0.120. The van der Waals surface area contributed by atoms with Crippen molar-refractivity contribution >= 4 is 5.91 Å². The molecule has 0 radical (unpaired) electrons. The third-order valence-electron chi connectivity index (χ3n) is 3.87. The van der Waals surface area contributed by atoms with Crippen LogP contribution in [0.2, 0.25) is 0 Å². The molecule has 0 bridgehead atoms. The van der Waals surface area contributed by atoms with E-state index in [0.717, 1.165) is 25.8 Å². The summed E-state index contributed by atoms with van der Waals surface area (Å²) >= 11 is 0. The molecule has 0 aromatic carbocycles. The standard InChI is InChI=1S/C13H24N2O2/c1-13(17)7-8-15(10-13)9-12(16)14-11-5-3-2-4-6-11/h11,17H,2-10H2,1H3,(H,14,16). The lowest BCUT2D eigenvalue weighted by Crippen LogP contribution is -2.43. The van der Waals surface area contributed by atoms with Crippen LogP contribution in [0, 0.1) is 0 Å². The summed E-state index contributed by atoms with van der Waals surface area (Å²) in [6.07, 6.45) is 6.81. The minimum atomic E-state index is -0.606. The molecule has 1 heterocycles. The van der Waals surface area contributed by atoms with E-state index in [9.17, 15) is 9.90 Å². The summed E-state index contributed by atoms with van der Waals surface area (Å²) in [5, 5.41) is 12.9. The van der Waals surface area contributed by atoms with Gasteiger partial charge < -0.3 is 10.4 Å². The molecule has 1 aliphatic heterocycles. The van der Waals surface area contributed by atoms with Crippen molar-refractivity contribution < 1.29 is 9.90 Å². The highest BCUT2D eigenvalue weighted by atomic mass is 16.3. The van der Waals surface area contributed by atoms with Gasteiger partial charge in [-0.25, -0.2) is 0 Å². The van der Waals surface area contributed by atoms with Gasteiger partial charge in [-0.05, 0) is 26.2 Å². The lowest BCUT2D eigenvalue weighted by atomic mass is 9.95. The lowest BCUT2D eigenvalue weighted by molar-refractivity contribution is -0.123. The third-order valence-corrected chi connectivity index (χ3v) is 3.87. The van der Waals surface area contributed by atoms with Crippen LogP contribution < -0.4 is 5.32 Å². The van der Waals surface area contributed by atoms with Crippen LogP contribution in [0.25, 0.3) is 0 Å². The number of hydrogen-bond donors (Lipinski definition) is 2. The Morgan fingerprint density at radius 3 is 2.71 bits per heavy atom. The number of amides is 1. The molecule has 2 rings (SSSR count). The Morgan fingerprint density at radius 1 is 1.41 bits per heavy atom. The highest BCUT2D eigenvalue weighted by Crippen LogP contribution is 2.20. The van der Waals surface area contributed by atoms with Crippen LogP contribution >= 0.6 is 0 Å². The van der Waals surface area contributed by atoms with Gasteiger partial charge >= 0.3 is 0 Å². The number of rotatable bonds is 3. The summed E-state index contributed by atoms with van der Waals surface area (Å²) in [4.78, 5) is 13.9. The highest BCUT2D eigenvalue weighted by Gasteiger charge is 2.32. The predicted octanol–water partition coefficient (Wildman–Crippen LogP) is 0.892. The van der Waals surface area contributed by atoms with Gasteiger partial charge in [0.2, 0.25) is 5.91 Å². The maximum Gasteiger partial charge on any atom is 0.234 e. The summed E-state index contributed by atoms with van der Waals surface area (Å²) in [6, 6.07) is 0.388. The topological polar surface area (TPSA) is 52.6 Å². The maximum absolute atomic E-state index is 11.8. The van der Waals surface area contributed by atoms with E-state index in [4.69, 9.17) is 0 Å². The molecule has 1 unspecified atom stereocenters. The van der Waals surface area contributed by atoms with Crippen molar-refractivity contribution in [3.8, 4) is 0 Å². The molecule has 1 saturated heterocycles. The lowest BCUT2D eigenvalue weighted by Gasteiger charge is -2.24. The van der Waals surface area contributed by atoms with Crippen molar-refractivity contribution in [3.63, 3.8) is 0 Å². The van der Waals surface area contributed by atoms with Crippen LogP contribution in [0.4, 0.5) is 0 Å². The predicted molar refractivity (Wildman–Crippen MR) is 66.7 cm³/mol. The molecule has 1 saturated carbocycles. The average Bonchev–Trinajstić information content (AvgIpc) is 2.59. The molecule has 1 amide bonds. The second kappa shape index (κ2) is 5.36. The molecule has 0 spiro atoms. The quantitative estimate of drug-likeness (QED) is 0.770. The molecule has 0 aromatic heterocycles. The molecule has 2 N–H and O–H groups in total. The number of hydrogen-bond acceptors (Lipinski definition) is 3. The molecule has 2 fully saturated rings. The van der Waals surface area contributed by atoms with Crippen LogP contribution in [0.3, 0.4) is 0 Å². The van der Waals surface area contributed by atoms with Crippen molar-refractivity contribution in [2.75, 3.05) is 19.6 Å². The minimum Gasteiger partial charge on any atom is -0.389 e. The number of carbonyl (C=O) groups is 1. The zero-order chi connectivity index (χ0) is 12.3. The first-order chi connectivity index (χ1) is 8.05. The van der Waals surface area contributed by atoms with E-state index in [1.165, 1.54) is 19.3 Å². The fraction of sp³-hybridized carbons (Fsp3) is 0.923. The second-order valence-electron chi connectivity index (χ2n) is 5.86. The second-order valence-corrected chi connectivity index (χ2v) is 5.86. The first-order valence-corrected chi connectivity index (χ1v) is 6.79. The van der Waals surface area contributed by atoms with Gasteiger partial charge in [-0.15, -0.1) is 0 Å². The summed E-state index contributed by atoms with van der Waals surface area (Å²) in [6.45, 7) is 3.72. The van der Waals surface area contributed by atoms with Gasteiger partial charge in [0.05, 0.1) is 12.1 Å². The normalized spacial score (nSPS) is 31.6. The van der Waals surface area contributed by atoms with Crippen LogP contribution in [0.15, 0.2) is 0 Å². The van der Waals surface area contributed by atoms with Crippen molar-refractivity contribution in [2.45, 2.75) is 57.1 Å². The number of nitrogens with one attached hydrogen (secondary N) is 1. The smallest absolute Gasteiger partial charge is 0.234 e. The number of aliphatic hydroxyl groups is 1. The molecule has 17 heavy (non-hydrogen) atoms. The first-order valence-electron chi connectivity index (χ1n) is 6.79. The SMILES string of the molecule is CC1(O)CCN(CC(=O)NC2CCCCC2)C1. The monoisotopic (exact) mass is 240 g/mol. The molecule has 1 atom stereocenters. The van der Waals surface area contributed by atoms with E-state index in [1.807, 2.05) is 11.8 Å². The Bertz CT molecular complexity index is 273. The average molecular weight is 240 g/mol. The molecule has 98 valence electrons. The summed E-state index contributed by atoms with van der Waals surface area (Å²) < 4.78 is 0. The number of carbonyl (C=O) groups excluding carboxylic acids is 1. The number of likely N-dealkylation sites (tertiary alicyclic amines) is 1. The third kappa shape index (κ3) is 3.96. The van der Waals surface area contributed by atoms with E-state index in [-0.39, 0.29) is 5.91 Å². The Balaban J connectivity index is 1.70. The van der Waals surface area contributed by atoms with Gasteiger partial charge in [0, 0.05) is 19.1 Å². The zero-order valence-corrected chi connectivity index (χ0v) is 10.7. The molecule has 1 aliphatic carbocycles. The minimum absolute atomic E-state index is 0.120. The maximum atomic E-state index is 11.8. The zero-order valence-electron chi connectivity index (χ0n) is 10.7. The van der Waals surface area contributed by atoms with Crippen LogP contribution in [-0.4, -0.2) is 47.2 Å². The Labute approximate surface area is 103 Å². The van der Waals surface area contributed by atoms with Crippen LogP contribution in [-0.2, 0) is 4.79 Å². The van der Waals surface area contributed by atoms with Crippen molar-refractivity contribution in [1.82, 2.24) is 10.2 Å². The largest absolute Gasteiger partial charge is 0.389 e. The van der Waals surface area contributed by atoms with Crippen molar-refractivity contribution in [2.24, 2.45) is 0 Å². The van der Waals surface area contributed by atoms with Gasteiger partial charge in [0.25, 0.3) is 0 Å². The van der Waals surface area contributed by atoms with Gasteiger partial charge in [-0.1, -0.05) is 19.3 Å². The molecule has 4 nitrogen and oxygen atoms in total. The van der Waals surface area contributed by atoms with Gasteiger partial charge in [0.15, 0.2) is 0 Å². The van der Waals surface area contributed by atoms with E-state index >= 15 is 0 Å². The van der Waals surface area contributed by atoms with E-state index < -0.39 is 5.60 Å². The molecular weight excluding hydrogens is 216 g/mol. The van der Waals surface area contributed by atoms with Gasteiger partial charge in [-0.2, -0.15) is 0 Å². The van der Waals surface area contributed by atoms with Crippen molar-refractivity contribution in [3.05, 3.63) is 0 Å². The van der Waals surface area contributed by atoms with Crippen LogP contribution in [0.1, 0.15) is 45.4 Å². The fourth-order valence-corrected chi connectivity index (χ4v) is 2.90. The van der Waals surface area contributed by atoms with Crippen molar-refractivity contribution in [1.29, 1.82) is 0 Å². The first kappa shape index (κ1) is 12.8. The Morgan fingerprint density at radius 2 is 2.12 bits per heavy atom. The number of nitrogens with zero attached hydrogens (tertiary/aromatic N) is 1. The fourth-order valence-electron chi connectivity index (χ4n) is 2.90. The van der Waals surface area contributed by atoms with E-state index in [1.54, 1.807) is 0 Å². The number of β-amino-alcohol motifs (C(OH)–C–C–N with tert-alkyl or cyclic N) is 1. The molecule has 2 aliphatic rings. The molecule has 4 heteroatoms. The Hall–Kier alpha value is -0.610. The van der Waals surface area contributed by atoms with Gasteiger partial charge in [0.1, 0.15) is 0 Å². The van der Waals surface area contributed by atoms with Crippen LogP contribution in [0.5, 0.6) is 0 Å². The van der Waals surface area contributed by atoms with Gasteiger partial charge in [-0.3, -0.25) is 9.69 Å². The highest BCUT2D eigenvalue weighted by molar-refractivity contribution is 5.78. The van der Waals surface area contributed by atoms with E-state index in [2.05, 4.69) is 5.32 Å².